The predicted molar refractivity (Wildman–Crippen MR) is 109 cm³/mol. The van der Waals surface area contributed by atoms with Crippen LogP contribution in [0.2, 0.25) is 0 Å². The summed E-state index contributed by atoms with van der Waals surface area (Å²) in [4.78, 5) is 12.1. The van der Waals surface area contributed by atoms with E-state index >= 15 is 0 Å². The molecule has 2 aromatic rings. The molecule has 4 nitrogen and oxygen atoms in total. The summed E-state index contributed by atoms with van der Waals surface area (Å²) in [5, 5.41) is 4.26. The van der Waals surface area contributed by atoms with E-state index in [1.807, 2.05) is 31.2 Å². The summed E-state index contributed by atoms with van der Waals surface area (Å²) >= 11 is 0. The number of ether oxygens (including phenoxy) is 1. The van der Waals surface area contributed by atoms with Gasteiger partial charge in [0.15, 0.2) is 0 Å². The third-order valence-electron chi connectivity index (χ3n) is 5.28. The van der Waals surface area contributed by atoms with Gasteiger partial charge >= 0.3 is 0 Å². The van der Waals surface area contributed by atoms with Gasteiger partial charge < -0.3 is 4.74 Å². The van der Waals surface area contributed by atoms with Crippen molar-refractivity contribution in [3.8, 4) is 5.75 Å². The first kappa shape index (κ1) is 19.2. The zero-order valence-electron chi connectivity index (χ0n) is 16.2. The molecule has 3 rings (SSSR count). The fourth-order valence-electron chi connectivity index (χ4n) is 3.61. The number of rotatable bonds is 6. The average molecular weight is 364 g/mol. The van der Waals surface area contributed by atoms with Crippen LogP contribution in [0.3, 0.4) is 0 Å². The zero-order chi connectivity index (χ0) is 19.1. The fraction of sp³-hybridized carbons (Fsp3) is 0.391. The summed E-state index contributed by atoms with van der Waals surface area (Å²) in [5.41, 5.74) is 6.86. The Kier molecular flexibility index (Phi) is 6.64. The van der Waals surface area contributed by atoms with Crippen LogP contribution in [-0.4, -0.2) is 18.7 Å². The van der Waals surface area contributed by atoms with Crippen molar-refractivity contribution in [2.75, 3.05) is 7.11 Å². The highest BCUT2D eigenvalue weighted by molar-refractivity contribution is 5.99. The first-order valence-electron chi connectivity index (χ1n) is 9.72. The van der Waals surface area contributed by atoms with Crippen LogP contribution in [0.1, 0.15) is 61.6 Å². The second-order valence-electron chi connectivity index (χ2n) is 7.21. The molecule has 0 unspecified atom stereocenters. The summed E-state index contributed by atoms with van der Waals surface area (Å²) in [5.74, 6) is 1.36. The molecule has 1 amide bonds. The van der Waals surface area contributed by atoms with E-state index in [1.54, 1.807) is 7.11 Å². The van der Waals surface area contributed by atoms with Crippen LogP contribution in [0.4, 0.5) is 0 Å². The molecule has 142 valence electrons. The van der Waals surface area contributed by atoms with Crippen molar-refractivity contribution in [2.24, 2.45) is 5.10 Å². The number of carbonyl (C=O) groups is 1. The lowest BCUT2D eigenvalue weighted by Crippen LogP contribution is -2.21. The van der Waals surface area contributed by atoms with E-state index in [-0.39, 0.29) is 5.91 Å². The van der Waals surface area contributed by atoms with E-state index in [1.165, 1.54) is 37.7 Å². The molecule has 0 radical (unpaired) electrons. The number of hydrogen-bond donors (Lipinski definition) is 1. The Balaban J connectivity index is 1.55. The second-order valence-corrected chi connectivity index (χ2v) is 7.21. The minimum absolute atomic E-state index is 0.127. The van der Waals surface area contributed by atoms with Crippen LogP contribution in [0, 0.1) is 0 Å². The van der Waals surface area contributed by atoms with Crippen LogP contribution < -0.4 is 10.2 Å². The van der Waals surface area contributed by atoms with Crippen molar-refractivity contribution in [1.82, 2.24) is 5.43 Å². The van der Waals surface area contributed by atoms with Gasteiger partial charge in [-0.1, -0.05) is 55.7 Å². The number of nitrogens with one attached hydrogen (secondary N) is 1. The molecule has 1 aliphatic carbocycles. The van der Waals surface area contributed by atoms with Gasteiger partial charge in [0.05, 0.1) is 19.2 Å². The summed E-state index contributed by atoms with van der Waals surface area (Å²) in [6.07, 6.45) is 6.94. The Bertz CT molecular complexity index is 773. The molecule has 27 heavy (non-hydrogen) atoms. The molecule has 1 fully saturated rings. The highest BCUT2D eigenvalue weighted by Gasteiger charge is 2.15. The van der Waals surface area contributed by atoms with Gasteiger partial charge in [-0.25, -0.2) is 5.43 Å². The van der Waals surface area contributed by atoms with Crippen molar-refractivity contribution in [3.05, 3.63) is 65.2 Å². The van der Waals surface area contributed by atoms with Crippen LogP contribution in [-0.2, 0) is 11.2 Å². The topological polar surface area (TPSA) is 50.7 Å². The lowest BCUT2D eigenvalue weighted by Gasteiger charge is -2.22. The Labute approximate surface area is 161 Å². The van der Waals surface area contributed by atoms with Crippen molar-refractivity contribution >= 4 is 11.6 Å². The molecule has 0 heterocycles. The first-order chi connectivity index (χ1) is 13.2. The van der Waals surface area contributed by atoms with Crippen molar-refractivity contribution < 1.29 is 9.53 Å². The number of nitrogens with zero attached hydrogens (tertiary/aromatic N) is 1. The Morgan fingerprint density at radius 1 is 1.04 bits per heavy atom. The van der Waals surface area contributed by atoms with Gasteiger partial charge in [-0.3, -0.25) is 4.79 Å². The van der Waals surface area contributed by atoms with Crippen LogP contribution >= 0.6 is 0 Å². The highest BCUT2D eigenvalue weighted by atomic mass is 16.5. The van der Waals surface area contributed by atoms with Gasteiger partial charge in [0, 0.05) is 0 Å². The second kappa shape index (κ2) is 9.36. The smallest absolute Gasteiger partial charge is 0.244 e. The van der Waals surface area contributed by atoms with E-state index < -0.39 is 0 Å². The first-order valence-corrected chi connectivity index (χ1v) is 9.72. The predicted octanol–water partition coefficient (Wildman–Crippen LogP) is 4.83. The largest absolute Gasteiger partial charge is 0.497 e. The van der Waals surface area contributed by atoms with Crippen LogP contribution in [0.15, 0.2) is 53.6 Å². The molecule has 1 saturated carbocycles. The number of amides is 1. The molecule has 0 spiro atoms. The number of carbonyl (C=O) groups excluding carboxylic acids is 1. The average Bonchev–Trinajstić information content (AvgIpc) is 2.73. The molecule has 1 N–H and O–H groups in total. The Morgan fingerprint density at radius 2 is 1.70 bits per heavy atom. The molecular weight excluding hydrogens is 336 g/mol. The minimum atomic E-state index is -0.127. The van der Waals surface area contributed by atoms with Gasteiger partial charge in [0.2, 0.25) is 5.91 Å². The summed E-state index contributed by atoms with van der Waals surface area (Å²) in [6.45, 7) is 1.92. The highest BCUT2D eigenvalue weighted by Crippen LogP contribution is 2.32. The van der Waals surface area contributed by atoms with E-state index in [4.69, 9.17) is 4.74 Å². The summed E-state index contributed by atoms with van der Waals surface area (Å²) in [7, 11) is 1.63. The Hall–Kier alpha value is -2.62. The van der Waals surface area contributed by atoms with Crippen molar-refractivity contribution in [1.29, 1.82) is 0 Å². The lowest BCUT2D eigenvalue weighted by atomic mass is 9.84. The number of hydrogen-bond acceptors (Lipinski definition) is 3. The molecule has 0 saturated heterocycles. The minimum Gasteiger partial charge on any atom is -0.497 e. The Morgan fingerprint density at radius 3 is 2.33 bits per heavy atom. The third-order valence-corrected chi connectivity index (χ3v) is 5.28. The number of benzene rings is 2. The summed E-state index contributed by atoms with van der Waals surface area (Å²) < 4.78 is 5.13. The van der Waals surface area contributed by atoms with Crippen LogP contribution in [0.5, 0.6) is 5.75 Å². The molecule has 4 heteroatoms. The molecule has 0 aromatic heterocycles. The van der Waals surface area contributed by atoms with E-state index in [0.29, 0.717) is 12.3 Å². The summed E-state index contributed by atoms with van der Waals surface area (Å²) in [6, 6.07) is 16.1. The zero-order valence-corrected chi connectivity index (χ0v) is 16.2. The van der Waals surface area contributed by atoms with Crippen molar-refractivity contribution in [3.63, 3.8) is 0 Å². The van der Waals surface area contributed by atoms with Gasteiger partial charge in [0.25, 0.3) is 0 Å². The van der Waals surface area contributed by atoms with Gasteiger partial charge in [-0.05, 0) is 54.5 Å². The standard InChI is InChI=1S/C23H28N2O2/c1-17(19-10-12-21(13-11-19)20-6-4-3-5-7-20)24-25-23(26)16-18-8-14-22(27-2)15-9-18/h8-15,20H,3-7,16H2,1-2H3,(H,25,26)/b24-17+. The number of hydrazone groups is 1. The fourth-order valence-corrected chi connectivity index (χ4v) is 3.61. The maximum atomic E-state index is 12.1. The van der Waals surface area contributed by atoms with E-state index in [9.17, 15) is 4.79 Å². The van der Waals surface area contributed by atoms with E-state index in [0.717, 1.165) is 22.6 Å². The number of methoxy groups -OCH3 is 1. The molecule has 0 atom stereocenters. The monoisotopic (exact) mass is 364 g/mol. The van der Waals surface area contributed by atoms with E-state index in [2.05, 4.69) is 34.8 Å². The SMILES string of the molecule is COc1ccc(CC(=O)N/N=C(\C)c2ccc(C3CCCCC3)cc2)cc1. The van der Waals surface area contributed by atoms with Gasteiger partial charge in [0.1, 0.15) is 5.75 Å². The quantitative estimate of drug-likeness (QED) is 0.590. The molecule has 0 bridgehead atoms. The molecule has 0 aliphatic heterocycles. The van der Waals surface area contributed by atoms with Gasteiger partial charge in [-0.15, -0.1) is 0 Å². The maximum Gasteiger partial charge on any atom is 0.244 e. The van der Waals surface area contributed by atoms with Crippen LogP contribution in [0.25, 0.3) is 0 Å². The third kappa shape index (κ3) is 5.43. The molecular formula is C23H28N2O2. The maximum absolute atomic E-state index is 12.1. The lowest BCUT2D eigenvalue weighted by molar-refractivity contribution is -0.120. The van der Waals surface area contributed by atoms with Crippen molar-refractivity contribution in [2.45, 2.75) is 51.4 Å². The molecule has 2 aromatic carbocycles. The molecule has 1 aliphatic rings. The van der Waals surface area contributed by atoms with Gasteiger partial charge in [-0.2, -0.15) is 5.10 Å². The normalized spacial score (nSPS) is 15.4.